The standard InChI is InChI=1S/C12H12F2N2O3/c13-8-3-6(12(18)19)4-9(14)11(8)15-5-10(17)16-7-1-2-7/h3-4,7,15H,1-2,5H2,(H,16,17)(H,18,19). The smallest absolute Gasteiger partial charge is 0.335 e. The quantitative estimate of drug-likeness (QED) is 0.754. The number of hydrogen-bond donors (Lipinski definition) is 3. The van der Waals surface area contributed by atoms with Crippen LogP contribution in [0.5, 0.6) is 0 Å². The van der Waals surface area contributed by atoms with Crippen molar-refractivity contribution < 1.29 is 23.5 Å². The Hall–Kier alpha value is -2.18. The van der Waals surface area contributed by atoms with Crippen LogP contribution in [0.25, 0.3) is 0 Å². The van der Waals surface area contributed by atoms with Crippen LogP contribution in [0.3, 0.4) is 0 Å². The van der Waals surface area contributed by atoms with Crippen molar-refractivity contribution in [3.05, 3.63) is 29.3 Å². The second kappa shape index (κ2) is 5.21. The number of aromatic carboxylic acids is 1. The minimum absolute atomic E-state index is 0.165. The molecular formula is C12H12F2N2O3. The lowest BCUT2D eigenvalue weighted by Crippen LogP contribution is -2.31. The number of carboxylic acid groups (broad SMARTS) is 1. The van der Waals surface area contributed by atoms with Gasteiger partial charge in [0.1, 0.15) is 17.3 Å². The predicted octanol–water partition coefficient (Wildman–Crippen LogP) is 1.35. The average molecular weight is 270 g/mol. The molecule has 19 heavy (non-hydrogen) atoms. The molecule has 2 rings (SSSR count). The van der Waals surface area contributed by atoms with Gasteiger partial charge in [0.05, 0.1) is 12.1 Å². The zero-order chi connectivity index (χ0) is 14.0. The fourth-order valence-electron chi connectivity index (χ4n) is 1.54. The van der Waals surface area contributed by atoms with Crippen LogP contribution in [-0.2, 0) is 4.79 Å². The Bertz CT molecular complexity index is 507. The molecule has 0 aromatic heterocycles. The van der Waals surface area contributed by atoms with Crippen molar-refractivity contribution in [2.24, 2.45) is 0 Å². The molecule has 5 nitrogen and oxygen atoms in total. The number of benzene rings is 1. The van der Waals surface area contributed by atoms with Gasteiger partial charge in [-0.1, -0.05) is 0 Å². The van der Waals surface area contributed by atoms with Crippen LogP contribution in [0.4, 0.5) is 14.5 Å². The van der Waals surface area contributed by atoms with E-state index in [1.807, 2.05) is 0 Å². The molecule has 102 valence electrons. The van der Waals surface area contributed by atoms with E-state index in [-0.39, 0.29) is 18.5 Å². The van der Waals surface area contributed by atoms with E-state index in [0.717, 1.165) is 12.8 Å². The van der Waals surface area contributed by atoms with E-state index in [9.17, 15) is 18.4 Å². The fourth-order valence-corrected chi connectivity index (χ4v) is 1.54. The van der Waals surface area contributed by atoms with Crippen molar-refractivity contribution in [3.63, 3.8) is 0 Å². The highest BCUT2D eigenvalue weighted by atomic mass is 19.1. The molecule has 0 bridgehead atoms. The minimum Gasteiger partial charge on any atom is -0.478 e. The van der Waals surface area contributed by atoms with Crippen LogP contribution in [0.2, 0.25) is 0 Å². The number of carboxylic acids is 1. The van der Waals surface area contributed by atoms with Crippen molar-refractivity contribution in [1.29, 1.82) is 0 Å². The first-order chi connectivity index (χ1) is 8.97. The van der Waals surface area contributed by atoms with Gasteiger partial charge >= 0.3 is 5.97 Å². The molecule has 1 aromatic rings. The number of amides is 1. The SMILES string of the molecule is O=C(CNc1c(F)cc(C(=O)O)cc1F)NC1CC1. The molecule has 0 atom stereocenters. The predicted molar refractivity (Wildman–Crippen MR) is 63.0 cm³/mol. The second-order valence-electron chi connectivity index (χ2n) is 4.32. The van der Waals surface area contributed by atoms with Crippen LogP contribution in [0.15, 0.2) is 12.1 Å². The Morgan fingerprint density at radius 1 is 1.26 bits per heavy atom. The van der Waals surface area contributed by atoms with Crippen molar-refractivity contribution in [2.45, 2.75) is 18.9 Å². The molecule has 0 spiro atoms. The van der Waals surface area contributed by atoms with E-state index in [0.29, 0.717) is 12.1 Å². The summed E-state index contributed by atoms with van der Waals surface area (Å²) in [6.07, 6.45) is 1.84. The molecule has 1 saturated carbocycles. The van der Waals surface area contributed by atoms with E-state index in [1.54, 1.807) is 0 Å². The molecule has 0 heterocycles. The normalized spacial score (nSPS) is 14.0. The topological polar surface area (TPSA) is 78.4 Å². The summed E-state index contributed by atoms with van der Waals surface area (Å²) in [5, 5.41) is 13.6. The molecule has 1 aliphatic carbocycles. The van der Waals surface area contributed by atoms with Gasteiger partial charge in [-0.3, -0.25) is 4.79 Å². The third kappa shape index (κ3) is 3.40. The molecule has 0 saturated heterocycles. The highest BCUT2D eigenvalue weighted by Gasteiger charge is 2.23. The first kappa shape index (κ1) is 13.3. The molecule has 7 heteroatoms. The van der Waals surface area contributed by atoms with Gasteiger partial charge in [0.2, 0.25) is 5.91 Å². The molecule has 1 amide bonds. The van der Waals surface area contributed by atoms with Crippen LogP contribution >= 0.6 is 0 Å². The van der Waals surface area contributed by atoms with Gasteiger partial charge in [0.15, 0.2) is 0 Å². The second-order valence-corrected chi connectivity index (χ2v) is 4.32. The summed E-state index contributed by atoms with van der Waals surface area (Å²) >= 11 is 0. The Morgan fingerprint density at radius 3 is 2.32 bits per heavy atom. The zero-order valence-corrected chi connectivity index (χ0v) is 9.87. The summed E-state index contributed by atoms with van der Waals surface area (Å²) < 4.78 is 27.0. The zero-order valence-electron chi connectivity index (χ0n) is 9.87. The molecule has 1 aliphatic rings. The van der Waals surface area contributed by atoms with Crippen LogP contribution in [-0.4, -0.2) is 29.6 Å². The van der Waals surface area contributed by atoms with Crippen LogP contribution in [0, 0.1) is 11.6 Å². The summed E-state index contributed by atoms with van der Waals surface area (Å²) in [4.78, 5) is 21.9. The monoisotopic (exact) mass is 270 g/mol. The summed E-state index contributed by atoms with van der Waals surface area (Å²) in [6.45, 7) is -0.267. The summed E-state index contributed by atoms with van der Waals surface area (Å²) in [6, 6.07) is 1.57. The van der Waals surface area contributed by atoms with E-state index in [2.05, 4.69) is 10.6 Å². The first-order valence-electron chi connectivity index (χ1n) is 5.73. The summed E-state index contributed by atoms with van der Waals surface area (Å²) in [5.74, 6) is -3.87. The van der Waals surface area contributed by atoms with Crippen molar-refractivity contribution in [1.82, 2.24) is 5.32 Å². The maximum Gasteiger partial charge on any atom is 0.335 e. The van der Waals surface area contributed by atoms with E-state index in [4.69, 9.17) is 5.11 Å². The third-order valence-electron chi connectivity index (χ3n) is 2.66. The molecule has 3 N–H and O–H groups in total. The largest absolute Gasteiger partial charge is 0.478 e. The molecule has 0 unspecified atom stereocenters. The number of halogens is 2. The van der Waals surface area contributed by atoms with E-state index in [1.165, 1.54) is 0 Å². The van der Waals surface area contributed by atoms with Gasteiger partial charge in [-0.15, -0.1) is 0 Å². The van der Waals surface area contributed by atoms with Crippen molar-refractivity contribution in [2.75, 3.05) is 11.9 Å². The van der Waals surface area contributed by atoms with Crippen LogP contribution in [0.1, 0.15) is 23.2 Å². The van der Waals surface area contributed by atoms with Crippen molar-refractivity contribution >= 4 is 17.6 Å². The van der Waals surface area contributed by atoms with E-state index >= 15 is 0 Å². The highest BCUT2D eigenvalue weighted by Crippen LogP contribution is 2.21. The number of rotatable bonds is 5. The lowest BCUT2D eigenvalue weighted by atomic mass is 10.2. The molecule has 1 fully saturated rings. The number of carbonyl (C=O) groups excluding carboxylic acids is 1. The average Bonchev–Trinajstić information content (AvgIpc) is 3.11. The van der Waals surface area contributed by atoms with Gasteiger partial charge in [-0.05, 0) is 25.0 Å². The molecule has 0 radical (unpaired) electrons. The Balaban J connectivity index is 2.03. The first-order valence-corrected chi connectivity index (χ1v) is 5.73. The number of anilines is 1. The number of hydrogen-bond acceptors (Lipinski definition) is 3. The lowest BCUT2D eigenvalue weighted by Gasteiger charge is -2.09. The Labute approximate surface area is 107 Å². The van der Waals surface area contributed by atoms with Gasteiger partial charge < -0.3 is 15.7 Å². The number of nitrogens with one attached hydrogen (secondary N) is 2. The maximum atomic E-state index is 13.5. The maximum absolute atomic E-state index is 13.5. The molecule has 0 aliphatic heterocycles. The van der Waals surface area contributed by atoms with E-state index < -0.39 is 28.9 Å². The van der Waals surface area contributed by atoms with Gasteiger partial charge in [-0.2, -0.15) is 0 Å². The molecular weight excluding hydrogens is 258 g/mol. The fraction of sp³-hybridized carbons (Fsp3) is 0.333. The minimum atomic E-state index is -1.42. The van der Waals surface area contributed by atoms with Gasteiger partial charge in [0, 0.05) is 6.04 Å². The lowest BCUT2D eigenvalue weighted by molar-refractivity contribution is -0.119. The molecule has 1 aromatic carbocycles. The summed E-state index contributed by atoms with van der Waals surface area (Å²) in [7, 11) is 0. The van der Waals surface area contributed by atoms with Crippen LogP contribution < -0.4 is 10.6 Å². The third-order valence-corrected chi connectivity index (χ3v) is 2.66. The van der Waals surface area contributed by atoms with Gasteiger partial charge in [-0.25, -0.2) is 13.6 Å². The Morgan fingerprint density at radius 2 is 1.84 bits per heavy atom. The summed E-state index contributed by atoms with van der Waals surface area (Å²) in [5.41, 5.74) is -0.987. The number of carbonyl (C=O) groups is 2. The highest BCUT2D eigenvalue weighted by molar-refractivity contribution is 5.88. The van der Waals surface area contributed by atoms with Crippen molar-refractivity contribution in [3.8, 4) is 0 Å². The Kier molecular flexibility index (Phi) is 3.64. The van der Waals surface area contributed by atoms with Gasteiger partial charge in [0.25, 0.3) is 0 Å².